The predicted octanol–water partition coefficient (Wildman–Crippen LogP) is 2.07. The van der Waals surface area contributed by atoms with Crippen LogP contribution in [0.2, 0.25) is 0 Å². The van der Waals surface area contributed by atoms with E-state index in [1.54, 1.807) is 0 Å². The smallest absolute Gasteiger partial charge is 0.0468 e. The second-order valence-corrected chi connectivity index (χ2v) is 5.74. The fourth-order valence-electron chi connectivity index (χ4n) is 3.35. The van der Waals surface area contributed by atoms with E-state index in [1.807, 2.05) is 0 Å². The van der Waals surface area contributed by atoms with Crippen molar-refractivity contribution in [3.63, 3.8) is 0 Å². The molecule has 94 valence electrons. The summed E-state index contributed by atoms with van der Waals surface area (Å²) in [6, 6.07) is 0.535. The van der Waals surface area contributed by atoms with Crippen molar-refractivity contribution in [2.45, 2.75) is 51.5 Å². The van der Waals surface area contributed by atoms with Crippen LogP contribution < -0.4 is 11.3 Å². The van der Waals surface area contributed by atoms with Crippen molar-refractivity contribution in [2.75, 3.05) is 13.2 Å². The van der Waals surface area contributed by atoms with Crippen molar-refractivity contribution in [1.82, 2.24) is 5.43 Å². The van der Waals surface area contributed by atoms with E-state index in [0.717, 1.165) is 31.0 Å². The highest BCUT2D eigenvalue weighted by atomic mass is 16.5. The molecule has 0 radical (unpaired) electrons. The van der Waals surface area contributed by atoms with Gasteiger partial charge in [0.25, 0.3) is 0 Å². The minimum Gasteiger partial charge on any atom is -0.381 e. The lowest BCUT2D eigenvalue weighted by molar-refractivity contribution is 0.0578. The third-order valence-electron chi connectivity index (χ3n) is 4.45. The third-order valence-corrected chi connectivity index (χ3v) is 4.45. The molecule has 0 aromatic heterocycles. The predicted molar refractivity (Wildman–Crippen MR) is 65.8 cm³/mol. The molecule has 0 spiro atoms. The summed E-state index contributed by atoms with van der Waals surface area (Å²) in [4.78, 5) is 0. The van der Waals surface area contributed by atoms with Crippen LogP contribution in [0.3, 0.4) is 0 Å². The first-order valence-corrected chi connectivity index (χ1v) is 6.83. The normalized spacial score (nSPS) is 34.1. The number of rotatable bonds is 4. The number of hydrazine groups is 1. The van der Waals surface area contributed by atoms with Gasteiger partial charge in [-0.05, 0) is 49.9 Å². The Morgan fingerprint density at radius 2 is 2.00 bits per heavy atom. The van der Waals surface area contributed by atoms with E-state index in [4.69, 9.17) is 10.6 Å². The van der Waals surface area contributed by atoms with Gasteiger partial charge < -0.3 is 4.74 Å². The van der Waals surface area contributed by atoms with Crippen molar-refractivity contribution >= 4 is 0 Å². The second-order valence-electron chi connectivity index (χ2n) is 5.74. The average molecular weight is 226 g/mol. The van der Waals surface area contributed by atoms with Crippen LogP contribution in [0.25, 0.3) is 0 Å². The van der Waals surface area contributed by atoms with Crippen molar-refractivity contribution < 1.29 is 4.74 Å². The standard InChI is InChI=1S/C13H26N2O/c1-10-2-3-12(8-10)13(15-14)9-11-4-6-16-7-5-11/h10-13,15H,2-9,14H2,1H3. The van der Waals surface area contributed by atoms with E-state index in [-0.39, 0.29) is 0 Å². The molecule has 0 bridgehead atoms. The molecule has 3 heteroatoms. The van der Waals surface area contributed by atoms with Crippen LogP contribution in [0.5, 0.6) is 0 Å². The average Bonchev–Trinajstić information content (AvgIpc) is 2.74. The van der Waals surface area contributed by atoms with E-state index in [2.05, 4.69) is 12.3 Å². The Morgan fingerprint density at radius 3 is 2.56 bits per heavy atom. The Morgan fingerprint density at radius 1 is 1.25 bits per heavy atom. The molecule has 1 aliphatic carbocycles. The zero-order valence-electron chi connectivity index (χ0n) is 10.5. The van der Waals surface area contributed by atoms with E-state index in [9.17, 15) is 0 Å². The summed E-state index contributed by atoms with van der Waals surface area (Å²) in [5, 5.41) is 0. The molecule has 2 aliphatic rings. The monoisotopic (exact) mass is 226 g/mol. The topological polar surface area (TPSA) is 47.3 Å². The van der Waals surface area contributed by atoms with Crippen molar-refractivity contribution in [3.05, 3.63) is 0 Å². The van der Waals surface area contributed by atoms with Crippen LogP contribution in [-0.2, 0) is 4.74 Å². The molecule has 3 N–H and O–H groups in total. The summed E-state index contributed by atoms with van der Waals surface area (Å²) in [6.45, 7) is 4.26. The highest BCUT2D eigenvalue weighted by molar-refractivity contribution is 4.84. The van der Waals surface area contributed by atoms with Gasteiger partial charge in [-0.25, -0.2) is 0 Å². The Kier molecular flexibility index (Phi) is 4.62. The van der Waals surface area contributed by atoms with Crippen LogP contribution in [0, 0.1) is 17.8 Å². The zero-order valence-corrected chi connectivity index (χ0v) is 10.5. The van der Waals surface area contributed by atoms with Crippen LogP contribution >= 0.6 is 0 Å². The summed E-state index contributed by atoms with van der Waals surface area (Å²) in [5.74, 6) is 8.27. The van der Waals surface area contributed by atoms with Gasteiger partial charge in [-0.3, -0.25) is 11.3 Å². The van der Waals surface area contributed by atoms with Crippen LogP contribution in [0.4, 0.5) is 0 Å². The minimum atomic E-state index is 0.535. The molecule has 1 heterocycles. The molecule has 3 nitrogen and oxygen atoms in total. The molecule has 3 atom stereocenters. The fraction of sp³-hybridized carbons (Fsp3) is 1.00. The van der Waals surface area contributed by atoms with Gasteiger partial charge in [0.15, 0.2) is 0 Å². The SMILES string of the molecule is CC1CCC(C(CC2CCOCC2)NN)C1. The lowest BCUT2D eigenvalue weighted by atomic mass is 9.86. The van der Waals surface area contributed by atoms with Crippen molar-refractivity contribution in [3.8, 4) is 0 Å². The van der Waals surface area contributed by atoms with E-state index >= 15 is 0 Å². The lowest BCUT2D eigenvalue weighted by Gasteiger charge is -2.29. The Bertz CT molecular complexity index is 204. The Balaban J connectivity index is 1.80. The molecule has 1 saturated heterocycles. The molecule has 1 saturated carbocycles. The van der Waals surface area contributed by atoms with Gasteiger partial charge in [-0.2, -0.15) is 0 Å². The number of hydrogen-bond donors (Lipinski definition) is 2. The first-order chi connectivity index (χ1) is 7.79. The summed E-state index contributed by atoms with van der Waals surface area (Å²) in [5.41, 5.74) is 3.07. The van der Waals surface area contributed by atoms with E-state index in [1.165, 1.54) is 38.5 Å². The van der Waals surface area contributed by atoms with Crippen LogP contribution in [0.1, 0.15) is 45.4 Å². The third kappa shape index (κ3) is 3.19. The quantitative estimate of drug-likeness (QED) is 0.570. The summed E-state index contributed by atoms with van der Waals surface area (Å²) in [6.07, 6.45) is 7.80. The van der Waals surface area contributed by atoms with Gasteiger partial charge in [-0.1, -0.05) is 13.3 Å². The highest BCUT2D eigenvalue weighted by Gasteiger charge is 2.30. The van der Waals surface area contributed by atoms with Crippen molar-refractivity contribution in [2.24, 2.45) is 23.6 Å². The number of nitrogens with two attached hydrogens (primary N) is 1. The first kappa shape index (κ1) is 12.3. The molecular formula is C13H26N2O. The molecule has 16 heavy (non-hydrogen) atoms. The molecule has 3 unspecified atom stereocenters. The number of nitrogens with one attached hydrogen (secondary N) is 1. The van der Waals surface area contributed by atoms with Gasteiger partial charge in [-0.15, -0.1) is 0 Å². The maximum Gasteiger partial charge on any atom is 0.0468 e. The molecular weight excluding hydrogens is 200 g/mol. The maximum absolute atomic E-state index is 5.73. The van der Waals surface area contributed by atoms with E-state index in [0.29, 0.717) is 6.04 Å². The van der Waals surface area contributed by atoms with Gasteiger partial charge in [0, 0.05) is 19.3 Å². The Hall–Kier alpha value is -0.120. The number of hydrogen-bond acceptors (Lipinski definition) is 3. The van der Waals surface area contributed by atoms with Crippen LogP contribution in [-0.4, -0.2) is 19.3 Å². The summed E-state index contributed by atoms with van der Waals surface area (Å²) in [7, 11) is 0. The zero-order chi connectivity index (χ0) is 11.4. The number of ether oxygens (including phenoxy) is 1. The van der Waals surface area contributed by atoms with Gasteiger partial charge >= 0.3 is 0 Å². The van der Waals surface area contributed by atoms with E-state index < -0.39 is 0 Å². The fourth-order valence-corrected chi connectivity index (χ4v) is 3.35. The van der Waals surface area contributed by atoms with Crippen LogP contribution in [0.15, 0.2) is 0 Å². The lowest BCUT2D eigenvalue weighted by Crippen LogP contribution is -2.42. The van der Waals surface area contributed by atoms with Gasteiger partial charge in [0.05, 0.1) is 0 Å². The molecule has 2 fully saturated rings. The first-order valence-electron chi connectivity index (χ1n) is 6.83. The largest absolute Gasteiger partial charge is 0.381 e. The molecule has 2 rings (SSSR count). The van der Waals surface area contributed by atoms with Crippen molar-refractivity contribution in [1.29, 1.82) is 0 Å². The minimum absolute atomic E-state index is 0.535. The van der Waals surface area contributed by atoms with Gasteiger partial charge in [0.1, 0.15) is 0 Å². The molecule has 0 amide bonds. The highest BCUT2D eigenvalue weighted by Crippen LogP contribution is 2.35. The van der Waals surface area contributed by atoms with Gasteiger partial charge in [0.2, 0.25) is 0 Å². The summed E-state index contributed by atoms with van der Waals surface area (Å²) >= 11 is 0. The molecule has 0 aromatic rings. The second kappa shape index (κ2) is 5.99. The summed E-state index contributed by atoms with van der Waals surface area (Å²) < 4.78 is 5.41. The molecule has 0 aromatic carbocycles. The molecule has 1 aliphatic heterocycles. The Labute approximate surface area is 99.1 Å². The maximum atomic E-state index is 5.73.